The van der Waals surface area contributed by atoms with E-state index in [9.17, 15) is 8.78 Å². The van der Waals surface area contributed by atoms with Crippen LogP contribution in [0.1, 0.15) is 5.56 Å². The molecule has 0 radical (unpaired) electrons. The Kier molecular flexibility index (Phi) is 3.46. The molecular weight excluding hydrogens is 234 g/mol. The molecular formula is C14H14F2N2. The van der Waals surface area contributed by atoms with E-state index in [1.54, 1.807) is 18.2 Å². The molecule has 0 aliphatic rings. The molecule has 94 valence electrons. The molecule has 2 aromatic rings. The molecule has 0 spiro atoms. The number of halogens is 2. The summed E-state index contributed by atoms with van der Waals surface area (Å²) in [5, 5.41) is 0. The fourth-order valence-electron chi connectivity index (χ4n) is 1.71. The Balaban J connectivity index is 2.13. The Morgan fingerprint density at radius 1 is 1.06 bits per heavy atom. The number of nitrogens with zero attached hydrogens (tertiary/aromatic N) is 1. The van der Waals surface area contributed by atoms with Crippen molar-refractivity contribution in [2.75, 3.05) is 17.7 Å². The van der Waals surface area contributed by atoms with Crippen molar-refractivity contribution in [2.24, 2.45) is 0 Å². The Bertz CT molecular complexity index is 538. The van der Waals surface area contributed by atoms with Gasteiger partial charge in [0.15, 0.2) is 0 Å². The van der Waals surface area contributed by atoms with Gasteiger partial charge in [-0.25, -0.2) is 8.78 Å². The highest BCUT2D eigenvalue weighted by Gasteiger charge is 2.05. The van der Waals surface area contributed by atoms with Crippen LogP contribution < -0.4 is 10.6 Å². The predicted molar refractivity (Wildman–Crippen MR) is 69.3 cm³/mol. The fourth-order valence-corrected chi connectivity index (χ4v) is 1.71. The minimum absolute atomic E-state index is 0.133. The monoisotopic (exact) mass is 248 g/mol. The molecule has 0 amide bonds. The highest BCUT2D eigenvalue weighted by molar-refractivity contribution is 5.54. The van der Waals surface area contributed by atoms with Gasteiger partial charge in [-0.2, -0.15) is 0 Å². The number of nitrogen functional groups attached to an aromatic ring is 1. The molecule has 0 atom stereocenters. The van der Waals surface area contributed by atoms with Crippen molar-refractivity contribution in [1.29, 1.82) is 0 Å². The Morgan fingerprint density at radius 3 is 2.33 bits per heavy atom. The van der Waals surface area contributed by atoms with E-state index in [4.69, 9.17) is 5.73 Å². The Morgan fingerprint density at radius 2 is 1.72 bits per heavy atom. The fraction of sp³-hybridized carbons (Fsp3) is 0.143. The lowest BCUT2D eigenvalue weighted by Gasteiger charge is -2.19. The number of rotatable bonds is 3. The Hall–Kier alpha value is -2.10. The molecule has 2 aromatic carbocycles. The van der Waals surface area contributed by atoms with Crippen LogP contribution in [0.25, 0.3) is 0 Å². The summed E-state index contributed by atoms with van der Waals surface area (Å²) in [5.41, 5.74) is 7.24. The van der Waals surface area contributed by atoms with E-state index in [-0.39, 0.29) is 11.5 Å². The topological polar surface area (TPSA) is 29.3 Å². The van der Waals surface area contributed by atoms with Gasteiger partial charge in [0.05, 0.1) is 5.69 Å². The molecule has 0 aliphatic carbocycles. The largest absolute Gasteiger partial charge is 0.396 e. The molecule has 0 fully saturated rings. The van der Waals surface area contributed by atoms with Gasteiger partial charge in [0.1, 0.15) is 11.6 Å². The molecule has 0 aromatic heterocycles. The summed E-state index contributed by atoms with van der Waals surface area (Å²) in [6.45, 7) is 0.573. The van der Waals surface area contributed by atoms with Gasteiger partial charge < -0.3 is 10.6 Å². The normalized spacial score (nSPS) is 10.4. The lowest BCUT2D eigenvalue weighted by atomic mass is 10.2. The molecule has 0 aliphatic heterocycles. The van der Waals surface area contributed by atoms with E-state index in [2.05, 4.69) is 0 Å². The van der Waals surface area contributed by atoms with Crippen molar-refractivity contribution in [3.05, 3.63) is 59.7 Å². The van der Waals surface area contributed by atoms with Crippen molar-refractivity contribution in [3.8, 4) is 0 Å². The summed E-state index contributed by atoms with van der Waals surface area (Å²) in [4.78, 5) is 1.87. The smallest absolute Gasteiger partial charge is 0.148 e. The number of benzene rings is 2. The van der Waals surface area contributed by atoms with Gasteiger partial charge in [0, 0.05) is 19.3 Å². The molecule has 2 nitrogen and oxygen atoms in total. The summed E-state index contributed by atoms with van der Waals surface area (Å²) in [7, 11) is 1.84. The van der Waals surface area contributed by atoms with Crippen LogP contribution in [-0.4, -0.2) is 7.05 Å². The van der Waals surface area contributed by atoms with Gasteiger partial charge in [-0.3, -0.25) is 0 Å². The standard InChI is InChI=1S/C14H14F2N2/c1-18(9-10-2-4-11(15)5-3-10)12-6-7-14(17)13(16)8-12/h2-8H,9,17H2,1H3. The first kappa shape index (κ1) is 12.4. The van der Waals surface area contributed by atoms with Gasteiger partial charge in [0.25, 0.3) is 0 Å². The second kappa shape index (κ2) is 5.04. The molecule has 2 N–H and O–H groups in total. The van der Waals surface area contributed by atoms with Crippen LogP contribution in [0.3, 0.4) is 0 Å². The number of nitrogens with two attached hydrogens (primary N) is 1. The first-order valence-electron chi connectivity index (χ1n) is 5.57. The van der Waals surface area contributed by atoms with E-state index in [0.717, 1.165) is 11.3 Å². The maximum absolute atomic E-state index is 13.3. The summed E-state index contributed by atoms with van der Waals surface area (Å²) in [6, 6.07) is 10.9. The summed E-state index contributed by atoms with van der Waals surface area (Å²) in [5.74, 6) is -0.696. The Labute approximate surface area is 105 Å². The number of hydrogen-bond donors (Lipinski definition) is 1. The van der Waals surface area contributed by atoms with Crippen molar-refractivity contribution in [3.63, 3.8) is 0 Å². The van der Waals surface area contributed by atoms with Crippen molar-refractivity contribution in [1.82, 2.24) is 0 Å². The van der Waals surface area contributed by atoms with Crippen molar-refractivity contribution < 1.29 is 8.78 Å². The van der Waals surface area contributed by atoms with Crippen molar-refractivity contribution in [2.45, 2.75) is 6.54 Å². The van der Waals surface area contributed by atoms with E-state index in [0.29, 0.717) is 6.54 Å². The van der Waals surface area contributed by atoms with E-state index >= 15 is 0 Å². The second-order valence-corrected chi connectivity index (χ2v) is 4.19. The van der Waals surface area contributed by atoms with Crippen LogP contribution in [-0.2, 0) is 6.54 Å². The van der Waals surface area contributed by atoms with Crippen LogP contribution in [0.5, 0.6) is 0 Å². The lowest BCUT2D eigenvalue weighted by Crippen LogP contribution is -2.16. The first-order chi connectivity index (χ1) is 8.56. The molecule has 4 heteroatoms. The van der Waals surface area contributed by atoms with Gasteiger partial charge in [-0.15, -0.1) is 0 Å². The quantitative estimate of drug-likeness (QED) is 0.845. The third-order valence-corrected chi connectivity index (χ3v) is 2.76. The number of hydrogen-bond acceptors (Lipinski definition) is 2. The highest BCUT2D eigenvalue weighted by atomic mass is 19.1. The molecule has 0 unspecified atom stereocenters. The third kappa shape index (κ3) is 2.77. The minimum atomic E-state index is -0.432. The molecule has 18 heavy (non-hydrogen) atoms. The first-order valence-corrected chi connectivity index (χ1v) is 5.57. The maximum Gasteiger partial charge on any atom is 0.148 e. The zero-order valence-corrected chi connectivity index (χ0v) is 10.0. The maximum atomic E-state index is 13.3. The summed E-state index contributed by atoms with van der Waals surface area (Å²) < 4.78 is 26.1. The average Bonchev–Trinajstić information content (AvgIpc) is 2.35. The van der Waals surface area contributed by atoms with Gasteiger partial charge in [-0.05, 0) is 35.9 Å². The molecule has 0 saturated heterocycles. The number of anilines is 2. The summed E-state index contributed by atoms with van der Waals surface area (Å²) in [6.07, 6.45) is 0. The molecule has 0 bridgehead atoms. The van der Waals surface area contributed by atoms with Gasteiger partial charge in [-0.1, -0.05) is 12.1 Å². The van der Waals surface area contributed by atoms with E-state index < -0.39 is 5.82 Å². The predicted octanol–water partition coefficient (Wildman–Crippen LogP) is 3.18. The summed E-state index contributed by atoms with van der Waals surface area (Å²) >= 11 is 0. The van der Waals surface area contributed by atoms with Crippen LogP contribution in [0, 0.1) is 11.6 Å². The van der Waals surface area contributed by atoms with Gasteiger partial charge in [0.2, 0.25) is 0 Å². The lowest BCUT2D eigenvalue weighted by molar-refractivity contribution is 0.626. The van der Waals surface area contributed by atoms with Crippen LogP contribution in [0.15, 0.2) is 42.5 Å². The van der Waals surface area contributed by atoms with Crippen LogP contribution in [0.2, 0.25) is 0 Å². The molecule has 2 rings (SSSR count). The molecule has 0 heterocycles. The SMILES string of the molecule is CN(Cc1ccc(F)cc1)c1ccc(N)c(F)c1. The average molecular weight is 248 g/mol. The van der Waals surface area contributed by atoms with Crippen LogP contribution in [0.4, 0.5) is 20.2 Å². The van der Waals surface area contributed by atoms with Crippen molar-refractivity contribution >= 4 is 11.4 Å². The van der Waals surface area contributed by atoms with E-state index in [1.807, 2.05) is 11.9 Å². The zero-order valence-electron chi connectivity index (χ0n) is 10.0. The third-order valence-electron chi connectivity index (χ3n) is 2.76. The van der Waals surface area contributed by atoms with Gasteiger partial charge >= 0.3 is 0 Å². The van der Waals surface area contributed by atoms with Crippen LogP contribution >= 0.6 is 0 Å². The zero-order chi connectivity index (χ0) is 13.1. The minimum Gasteiger partial charge on any atom is -0.396 e. The molecule has 0 saturated carbocycles. The second-order valence-electron chi connectivity index (χ2n) is 4.19. The van der Waals surface area contributed by atoms with E-state index in [1.165, 1.54) is 24.3 Å². The highest BCUT2D eigenvalue weighted by Crippen LogP contribution is 2.20.